The van der Waals surface area contributed by atoms with Crippen LogP contribution in [-0.2, 0) is 16.4 Å². The molecule has 0 saturated heterocycles. The molecule has 1 fully saturated rings. The third-order valence-electron chi connectivity index (χ3n) is 4.04. The quantitative estimate of drug-likeness (QED) is 0.926. The van der Waals surface area contributed by atoms with Crippen molar-refractivity contribution >= 4 is 9.84 Å². The third-order valence-corrected chi connectivity index (χ3v) is 5.68. The van der Waals surface area contributed by atoms with Gasteiger partial charge in [-0.15, -0.1) is 0 Å². The zero-order valence-corrected chi connectivity index (χ0v) is 14.3. The Balaban J connectivity index is 2.00. The zero-order valence-electron chi connectivity index (χ0n) is 13.5. The second-order valence-electron chi connectivity index (χ2n) is 7.16. The molecular formula is C15H27N3O2S. The van der Waals surface area contributed by atoms with Crippen LogP contribution < -0.4 is 5.32 Å². The molecule has 1 aliphatic rings. The van der Waals surface area contributed by atoms with E-state index in [0.717, 1.165) is 31.5 Å². The molecule has 2 atom stereocenters. The number of nitrogens with one attached hydrogen (secondary N) is 1. The van der Waals surface area contributed by atoms with Crippen molar-refractivity contribution in [3.63, 3.8) is 0 Å². The van der Waals surface area contributed by atoms with E-state index in [1.54, 1.807) is 0 Å². The molecule has 21 heavy (non-hydrogen) atoms. The first-order valence-corrected chi connectivity index (χ1v) is 9.58. The minimum atomic E-state index is -2.94. The highest BCUT2D eigenvalue weighted by molar-refractivity contribution is 7.91. The van der Waals surface area contributed by atoms with E-state index >= 15 is 0 Å². The molecule has 5 nitrogen and oxygen atoms in total. The van der Waals surface area contributed by atoms with E-state index in [1.165, 1.54) is 6.26 Å². The van der Waals surface area contributed by atoms with E-state index in [2.05, 4.69) is 31.2 Å². The molecule has 1 aromatic rings. The van der Waals surface area contributed by atoms with Crippen molar-refractivity contribution in [1.29, 1.82) is 0 Å². The fraction of sp³-hybridized carbons (Fsp3) is 0.800. The second-order valence-corrected chi connectivity index (χ2v) is 9.49. The van der Waals surface area contributed by atoms with E-state index in [1.807, 2.05) is 16.9 Å². The molecule has 0 bridgehead atoms. The average molecular weight is 313 g/mol. The van der Waals surface area contributed by atoms with Crippen LogP contribution in [0.15, 0.2) is 12.3 Å². The van der Waals surface area contributed by atoms with Crippen molar-refractivity contribution < 1.29 is 8.42 Å². The van der Waals surface area contributed by atoms with E-state index in [4.69, 9.17) is 0 Å². The Bertz CT molecular complexity index is 572. The van der Waals surface area contributed by atoms with Crippen LogP contribution in [0.1, 0.15) is 58.2 Å². The highest BCUT2D eigenvalue weighted by Crippen LogP contribution is 2.31. The van der Waals surface area contributed by atoms with Gasteiger partial charge in [0.2, 0.25) is 0 Å². The predicted molar refractivity (Wildman–Crippen MR) is 85.0 cm³/mol. The monoisotopic (exact) mass is 313 g/mol. The average Bonchev–Trinajstić information content (AvgIpc) is 2.83. The number of aromatic nitrogens is 2. The maximum atomic E-state index is 11.7. The first-order valence-electron chi connectivity index (χ1n) is 7.63. The summed E-state index contributed by atoms with van der Waals surface area (Å²) >= 11 is 0. The standard InChI is InChI=1S/C15H27N3O2S/c1-15(2,3)16-11-12-8-9-18(17-12)13-6-5-7-14(10-13)21(4,19)20/h8-9,13-14,16H,5-7,10-11H2,1-4H3. The minimum absolute atomic E-state index is 0.0655. The second kappa shape index (κ2) is 6.08. The van der Waals surface area contributed by atoms with Crippen LogP contribution >= 0.6 is 0 Å². The van der Waals surface area contributed by atoms with Gasteiger partial charge in [0.1, 0.15) is 9.84 Å². The van der Waals surface area contributed by atoms with Gasteiger partial charge in [-0.1, -0.05) is 6.42 Å². The molecule has 6 heteroatoms. The Labute approximate surface area is 128 Å². The highest BCUT2D eigenvalue weighted by atomic mass is 32.2. The first kappa shape index (κ1) is 16.5. The Morgan fingerprint density at radius 2 is 2.10 bits per heavy atom. The molecule has 0 spiro atoms. The fourth-order valence-corrected chi connectivity index (χ4v) is 3.95. The van der Waals surface area contributed by atoms with Crippen LogP contribution in [0, 0.1) is 0 Å². The van der Waals surface area contributed by atoms with Gasteiger partial charge in [-0.2, -0.15) is 5.10 Å². The maximum absolute atomic E-state index is 11.7. The molecular weight excluding hydrogens is 286 g/mol. The molecule has 1 N–H and O–H groups in total. The van der Waals surface area contributed by atoms with E-state index in [9.17, 15) is 8.42 Å². The number of hydrogen-bond donors (Lipinski definition) is 1. The van der Waals surface area contributed by atoms with Gasteiger partial charge in [-0.25, -0.2) is 8.42 Å². The molecule has 0 radical (unpaired) electrons. The third kappa shape index (κ3) is 4.81. The summed E-state index contributed by atoms with van der Waals surface area (Å²) < 4.78 is 25.4. The van der Waals surface area contributed by atoms with Crippen LogP contribution in [0.5, 0.6) is 0 Å². The fourth-order valence-electron chi connectivity index (χ4n) is 2.78. The Kier molecular flexibility index (Phi) is 4.78. The normalized spacial score (nSPS) is 24.2. The van der Waals surface area contributed by atoms with Crippen LogP contribution in [0.2, 0.25) is 0 Å². The zero-order chi connectivity index (χ0) is 15.7. The molecule has 0 aliphatic heterocycles. The summed E-state index contributed by atoms with van der Waals surface area (Å²) in [6.07, 6.45) is 6.77. The summed E-state index contributed by atoms with van der Waals surface area (Å²) in [6, 6.07) is 2.23. The van der Waals surface area contributed by atoms with Gasteiger partial charge in [0.25, 0.3) is 0 Å². The summed E-state index contributed by atoms with van der Waals surface area (Å²) in [4.78, 5) is 0. The maximum Gasteiger partial charge on any atom is 0.150 e. The Morgan fingerprint density at radius 1 is 1.38 bits per heavy atom. The highest BCUT2D eigenvalue weighted by Gasteiger charge is 2.30. The lowest BCUT2D eigenvalue weighted by Gasteiger charge is -2.28. The smallest absolute Gasteiger partial charge is 0.150 e. The topological polar surface area (TPSA) is 64.0 Å². The SMILES string of the molecule is CC(C)(C)NCc1ccn(C2CCCC(S(C)(=O)=O)C2)n1. The molecule has 0 aromatic carbocycles. The molecule has 120 valence electrons. The Hall–Kier alpha value is -0.880. The molecule has 1 aliphatic carbocycles. The van der Waals surface area contributed by atoms with Crippen LogP contribution in [-0.4, -0.2) is 35.2 Å². The molecule has 1 aromatic heterocycles. The van der Waals surface area contributed by atoms with Gasteiger partial charge in [0.15, 0.2) is 0 Å². The molecule has 1 heterocycles. The largest absolute Gasteiger partial charge is 0.306 e. The Morgan fingerprint density at radius 3 is 2.71 bits per heavy atom. The number of sulfone groups is 1. The van der Waals surface area contributed by atoms with Gasteiger partial charge in [-0.05, 0) is 46.1 Å². The lowest BCUT2D eigenvalue weighted by Crippen LogP contribution is -2.35. The van der Waals surface area contributed by atoms with E-state index in [-0.39, 0.29) is 16.8 Å². The van der Waals surface area contributed by atoms with Crippen molar-refractivity contribution in [1.82, 2.24) is 15.1 Å². The van der Waals surface area contributed by atoms with Crippen molar-refractivity contribution in [3.8, 4) is 0 Å². The molecule has 1 saturated carbocycles. The summed E-state index contributed by atoms with van der Waals surface area (Å²) in [5.74, 6) is 0. The van der Waals surface area contributed by atoms with E-state index < -0.39 is 9.84 Å². The molecule has 2 rings (SSSR count). The summed E-state index contributed by atoms with van der Waals surface area (Å²) in [5, 5.41) is 7.82. The van der Waals surface area contributed by atoms with Crippen LogP contribution in [0.25, 0.3) is 0 Å². The van der Waals surface area contributed by atoms with Gasteiger partial charge >= 0.3 is 0 Å². The van der Waals surface area contributed by atoms with Crippen molar-refractivity contribution in [3.05, 3.63) is 18.0 Å². The van der Waals surface area contributed by atoms with Crippen LogP contribution in [0.4, 0.5) is 0 Å². The lowest BCUT2D eigenvalue weighted by molar-refractivity contribution is 0.326. The van der Waals surface area contributed by atoms with Crippen LogP contribution in [0.3, 0.4) is 0 Å². The van der Waals surface area contributed by atoms with Crippen molar-refractivity contribution in [2.75, 3.05) is 6.26 Å². The van der Waals surface area contributed by atoms with Crippen molar-refractivity contribution in [2.45, 2.75) is 69.8 Å². The number of nitrogens with zero attached hydrogens (tertiary/aromatic N) is 2. The van der Waals surface area contributed by atoms with Gasteiger partial charge < -0.3 is 5.32 Å². The number of rotatable bonds is 4. The first-order chi connectivity index (χ1) is 9.65. The lowest BCUT2D eigenvalue weighted by atomic mass is 9.95. The van der Waals surface area contributed by atoms with Crippen molar-refractivity contribution in [2.24, 2.45) is 0 Å². The van der Waals surface area contributed by atoms with Gasteiger partial charge in [-0.3, -0.25) is 4.68 Å². The van der Waals surface area contributed by atoms with Gasteiger partial charge in [0.05, 0.1) is 17.0 Å². The predicted octanol–water partition coefficient (Wildman–Crippen LogP) is 2.30. The summed E-state index contributed by atoms with van der Waals surface area (Å²) in [6.45, 7) is 7.12. The summed E-state index contributed by atoms with van der Waals surface area (Å²) in [7, 11) is -2.94. The molecule has 0 amide bonds. The molecule has 2 unspecified atom stereocenters. The summed E-state index contributed by atoms with van der Waals surface area (Å²) in [5.41, 5.74) is 1.07. The minimum Gasteiger partial charge on any atom is -0.306 e. The van der Waals surface area contributed by atoms with Gasteiger partial charge in [0, 0.05) is 24.5 Å². The van der Waals surface area contributed by atoms with E-state index in [0.29, 0.717) is 6.42 Å². The number of hydrogen-bond acceptors (Lipinski definition) is 4.